The minimum absolute atomic E-state index is 0.224. The van der Waals surface area contributed by atoms with E-state index in [1.807, 2.05) is 36.1 Å². The number of amides is 1. The summed E-state index contributed by atoms with van der Waals surface area (Å²) in [5.74, 6) is 1.80. The fourth-order valence-electron chi connectivity index (χ4n) is 3.25. The lowest BCUT2D eigenvalue weighted by Gasteiger charge is -2.33. The third kappa shape index (κ3) is 5.93. The Morgan fingerprint density at radius 3 is 2.85 bits per heavy atom. The second-order valence-corrected chi connectivity index (χ2v) is 6.58. The van der Waals surface area contributed by atoms with Crippen LogP contribution in [-0.4, -0.2) is 49.6 Å². The number of hydrogen-bond donors (Lipinski definition) is 2. The Balaban J connectivity index is 1.77. The zero-order chi connectivity index (χ0) is 18.8. The highest BCUT2D eigenvalue weighted by atomic mass is 16.5. The fraction of sp³-hybridized carbons (Fsp3) is 0.600. The third-order valence-electron chi connectivity index (χ3n) is 4.70. The maximum Gasteiger partial charge on any atom is 0.224 e. The number of carbonyl (C=O) groups is 1. The van der Waals surface area contributed by atoms with Gasteiger partial charge in [-0.2, -0.15) is 0 Å². The topological polar surface area (TPSA) is 66.0 Å². The van der Waals surface area contributed by atoms with Crippen molar-refractivity contribution >= 4 is 11.9 Å². The van der Waals surface area contributed by atoms with Crippen molar-refractivity contribution in [3.8, 4) is 5.75 Å². The van der Waals surface area contributed by atoms with Crippen molar-refractivity contribution in [1.82, 2.24) is 15.5 Å². The molecule has 144 valence electrons. The van der Waals surface area contributed by atoms with Crippen LogP contribution in [0.15, 0.2) is 29.3 Å². The van der Waals surface area contributed by atoms with Crippen LogP contribution >= 0.6 is 0 Å². The summed E-state index contributed by atoms with van der Waals surface area (Å²) >= 11 is 0. The first-order valence-electron chi connectivity index (χ1n) is 9.60. The van der Waals surface area contributed by atoms with E-state index in [1.54, 1.807) is 7.05 Å². The number of aliphatic imine (C=N–C) groups is 1. The SMILES string of the molecule is CCOc1ccccc1CNC(=NC)NCCC(=O)N1CCCCC1C. The van der Waals surface area contributed by atoms with Crippen molar-refractivity contribution in [2.45, 2.75) is 52.1 Å². The van der Waals surface area contributed by atoms with Crippen LogP contribution in [0.1, 0.15) is 45.1 Å². The van der Waals surface area contributed by atoms with Gasteiger partial charge in [-0.05, 0) is 39.2 Å². The molecule has 1 unspecified atom stereocenters. The summed E-state index contributed by atoms with van der Waals surface area (Å²) in [6.07, 6.45) is 3.94. The van der Waals surface area contributed by atoms with Crippen molar-refractivity contribution in [3.63, 3.8) is 0 Å². The summed E-state index contributed by atoms with van der Waals surface area (Å²) in [7, 11) is 1.73. The molecule has 1 heterocycles. The number of hydrogen-bond acceptors (Lipinski definition) is 3. The van der Waals surface area contributed by atoms with E-state index >= 15 is 0 Å². The number of carbonyl (C=O) groups excluding carboxylic acids is 1. The van der Waals surface area contributed by atoms with Crippen LogP contribution in [0.3, 0.4) is 0 Å². The monoisotopic (exact) mass is 360 g/mol. The normalized spacial score (nSPS) is 17.7. The molecule has 0 bridgehead atoms. The van der Waals surface area contributed by atoms with Crippen LogP contribution in [-0.2, 0) is 11.3 Å². The van der Waals surface area contributed by atoms with Gasteiger partial charge >= 0.3 is 0 Å². The Labute approximate surface area is 157 Å². The molecule has 1 atom stereocenters. The van der Waals surface area contributed by atoms with Crippen molar-refractivity contribution in [1.29, 1.82) is 0 Å². The van der Waals surface area contributed by atoms with Gasteiger partial charge in [-0.3, -0.25) is 9.79 Å². The van der Waals surface area contributed by atoms with Gasteiger partial charge in [0.2, 0.25) is 5.91 Å². The van der Waals surface area contributed by atoms with E-state index in [-0.39, 0.29) is 5.91 Å². The second kappa shape index (κ2) is 10.7. The smallest absolute Gasteiger partial charge is 0.224 e. The molecule has 1 aromatic rings. The third-order valence-corrected chi connectivity index (χ3v) is 4.70. The average Bonchev–Trinajstić information content (AvgIpc) is 2.66. The van der Waals surface area contributed by atoms with Crippen LogP contribution in [0.5, 0.6) is 5.75 Å². The molecule has 0 spiro atoms. The minimum atomic E-state index is 0.224. The molecule has 26 heavy (non-hydrogen) atoms. The van der Waals surface area contributed by atoms with E-state index in [2.05, 4.69) is 22.5 Å². The Bertz CT molecular complexity index is 603. The summed E-state index contributed by atoms with van der Waals surface area (Å²) in [5.41, 5.74) is 1.08. The number of para-hydroxylation sites is 1. The summed E-state index contributed by atoms with van der Waals surface area (Å²) in [6.45, 7) is 6.84. The Hall–Kier alpha value is -2.24. The molecule has 1 saturated heterocycles. The van der Waals surface area contributed by atoms with Crippen molar-refractivity contribution in [3.05, 3.63) is 29.8 Å². The van der Waals surface area contributed by atoms with Gasteiger partial charge in [0.05, 0.1) is 6.61 Å². The molecule has 1 amide bonds. The molecule has 2 rings (SSSR count). The molecule has 0 radical (unpaired) electrons. The van der Waals surface area contributed by atoms with Crippen LogP contribution in [0.4, 0.5) is 0 Å². The molecule has 1 fully saturated rings. The second-order valence-electron chi connectivity index (χ2n) is 6.58. The molecule has 6 heteroatoms. The number of rotatable bonds is 7. The molecule has 0 aliphatic carbocycles. The number of benzene rings is 1. The number of piperidine rings is 1. The van der Waals surface area contributed by atoms with E-state index in [1.165, 1.54) is 6.42 Å². The molecular weight excluding hydrogens is 328 g/mol. The Morgan fingerprint density at radius 1 is 1.31 bits per heavy atom. The lowest BCUT2D eigenvalue weighted by Crippen LogP contribution is -2.44. The van der Waals surface area contributed by atoms with Crippen LogP contribution in [0.25, 0.3) is 0 Å². The minimum Gasteiger partial charge on any atom is -0.494 e. The predicted molar refractivity (Wildman–Crippen MR) is 105 cm³/mol. The molecule has 1 aliphatic rings. The van der Waals surface area contributed by atoms with Crippen molar-refractivity contribution < 1.29 is 9.53 Å². The van der Waals surface area contributed by atoms with Gasteiger partial charge < -0.3 is 20.3 Å². The van der Waals surface area contributed by atoms with Gasteiger partial charge in [0.25, 0.3) is 0 Å². The van der Waals surface area contributed by atoms with Crippen LogP contribution in [0.2, 0.25) is 0 Å². The van der Waals surface area contributed by atoms with Crippen molar-refractivity contribution in [2.24, 2.45) is 4.99 Å². The highest BCUT2D eigenvalue weighted by molar-refractivity contribution is 5.81. The molecule has 1 aromatic carbocycles. The van der Waals surface area contributed by atoms with Gasteiger partial charge in [-0.15, -0.1) is 0 Å². The van der Waals surface area contributed by atoms with Gasteiger partial charge in [0, 0.05) is 44.7 Å². The van der Waals surface area contributed by atoms with Gasteiger partial charge in [0.15, 0.2) is 5.96 Å². The number of ether oxygens (including phenoxy) is 1. The first-order valence-corrected chi connectivity index (χ1v) is 9.60. The van der Waals surface area contributed by atoms with E-state index in [4.69, 9.17) is 4.74 Å². The van der Waals surface area contributed by atoms with E-state index in [0.717, 1.165) is 30.7 Å². The zero-order valence-corrected chi connectivity index (χ0v) is 16.3. The molecule has 6 nitrogen and oxygen atoms in total. The van der Waals surface area contributed by atoms with Gasteiger partial charge in [-0.25, -0.2) is 0 Å². The predicted octanol–water partition coefficient (Wildman–Crippen LogP) is 2.54. The quantitative estimate of drug-likeness (QED) is 0.579. The highest BCUT2D eigenvalue weighted by Gasteiger charge is 2.22. The average molecular weight is 361 g/mol. The maximum absolute atomic E-state index is 12.4. The molecule has 0 aromatic heterocycles. The molecule has 0 saturated carbocycles. The lowest BCUT2D eigenvalue weighted by molar-refractivity contribution is -0.134. The largest absolute Gasteiger partial charge is 0.494 e. The Morgan fingerprint density at radius 2 is 2.12 bits per heavy atom. The Kier molecular flexibility index (Phi) is 8.25. The highest BCUT2D eigenvalue weighted by Crippen LogP contribution is 2.18. The first kappa shape index (κ1) is 20.1. The number of nitrogens with one attached hydrogen (secondary N) is 2. The summed E-state index contributed by atoms with van der Waals surface area (Å²) < 4.78 is 5.64. The number of nitrogens with zero attached hydrogens (tertiary/aromatic N) is 2. The fourth-order valence-corrected chi connectivity index (χ4v) is 3.25. The molecular formula is C20H32N4O2. The first-order chi connectivity index (χ1) is 12.7. The number of guanidine groups is 1. The van der Waals surface area contributed by atoms with E-state index in [9.17, 15) is 4.79 Å². The van der Waals surface area contributed by atoms with Gasteiger partial charge in [-0.1, -0.05) is 18.2 Å². The van der Waals surface area contributed by atoms with Crippen molar-refractivity contribution in [2.75, 3.05) is 26.7 Å². The standard InChI is InChI=1S/C20H32N4O2/c1-4-26-18-11-6-5-10-17(18)15-23-20(21-3)22-13-12-19(25)24-14-8-7-9-16(24)2/h5-6,10-11,16H,4,7-9,12-15H2,1-3H3,(H2,21,22,23). The molecule has 1 aliphatic heterocycles. The summed E-state index contributed by atoms with van der Waals surface area (Å²) in [5, 5.41) is 6.51. The van der Waals surface area contributed by atoms with Gasteiger partial charge in [0.1, 0.15) is 5.75 Å². The lowest BCUT2D eigenvalue weighted by atomic mass is 10.0. The maximum atomic E-state index is 12.4. The zero-order valence-electron chi connectivity index (χ0n) is 16.3. The van der Waals surface area contributed by atoms with Crippen LogP contribution < -0.4 is 15.4 Å². The van der Waals surface area contributed by atoms with E-state index < -0.39 is 0 Å². The number of likely N-dealkylation sites (tertiary alicyclic amines) is 1. The van der Waals surface area contributed by atoms with E-state index in [0.29, 0.717) is 38.1 Å². The molecule has 2 N–H and O–H groups in total. The summed E-state index contributed by atoms with van der Waals surface area (Å²) in [4.78, 5) is 18.6. The summed E-state index contributed by atoms with van der Waals surface area (Å²) in [6, 6.07) is 8.33. The van der Waals surface area contributed by atoms with Crippen LogP contribution in [0, 0.1) is 0 Å².